The number of alkyl halides is 3. The molecular weight excluding hydrogens is 389 g/mol. The van der Waals surface area contributed by atoms with Crippen molar-refractivity contribution in [2.24, 2.45) is 4.99 Å². The van der Waals surface area contributed by atoms with Crippen LogP contribution in [0.2, 0.25) is 0 Å². The van der Waals surface area contributed by atoms with Crippen LogP contribution in [0, 0.1) is 0 Å². The second-order valence-corrected chi connectivity index (χ2v) is 6.71. The minimum atomic E-state index is -4.38. The molecule has 1 N–H and O–H groups in total. The maximum atomic E-state index is 12.2. The zero-order chi connectivity index (χ0) is 21.1. The van der Waals surface area contributed by atoms with Gasteiger partial charge in [0.15, 0.2) is 12.6 Å². The molecule has 164 valence electrons. The number of ether oxygens (including phenoxy) is 3. The second-order valence-electron chi connectivity index (χ2n) is 6.71. The van der Waals surface area contributed by atoms with E-state index in [0.717, 1.165) is 43.9 Å². The van der Waals surface area contributed by atoms with Gasteiger partial charge >= 0.3 is 6.18 Å². The molecule has 0 saturated carbocycles. The smallest absolute Gasteiger partial charge is 0.422 e. The van der Waals surface area contributed by atoms with Crippen LogP contribution in [0.1, 0.15) is 24.8 Å². The Labute approximate surface area is 169 Å². The highest BCUT2D eigenvalue weighted by Gasteiger charge is 2.28. The van der Waals surface area contributed by atoms with Gasteiger partial charge in [-0.2, -0.15) is 13.2 Å². The lowest BCUT2D eigenvalue weighted by Crippen LogP contribution is -2.46. The van der Waals surface area contributed by atoms with Crippen LogP contribution >= 0.6 is 0 Å². The summed E-state index contributed by atoms with van der Waals surface area (Å²) in [4.78, 5) is 10.4. The lowest BCUT2D eigenvalue weighted by molar-refractivity contribution is -0.154. The average molecular weight is 418 g/mol. The Morgan fingerprint density at radius 3 is 2.62 bits per heavy atom. The van der Waals surface area contributed by atoms with Gasteiger partial charge in [-0.05, 0) is 24.8 Å². The number of aromatic nitrogens is 1. The van der Waals surface area contributed by atoms with Crippen LogP contribution in [0.3, 0.4) is 0 Å². The summed E-state index contributed by atoms with van der Waals surface area (Å²) in [6, 6.07) is 3.11. The maximum Gasteiger partial charge on any atom is 0.422 e. The van der Waals surface area contributed by atoms with E-state index in [1.54, 1.807) is 20.2 Å². The summed E-state index contributed by atoms with van der Waals surface area (Å²) < 4.78 is 52.0. The van der Waals surface area contributed by atoms with E-state index < -0.39 is 12.8 Å². The predicted molar refractivity (Wildman–Crippen MR) is 103 cm³/mol. The van der Waals surface area contributed by atoms with Gasteiger partial charge in [-0.3, -0.25) is 4.99 Å². The van der Waals surface area contributed by atoms with Crippen LogP contribution in [0.5, 0.6) is 5.88 Å². The number of likely N-dealkylation sites (tertiary alicyclic amines) is 1. The Balaban J connectivity index is 1.72. The monoisotopic (exact) mass is 418 g/mol. The number of piperidine rings is 1. The topological polar surface area (TPSA) is 68.2 Å². The van der Waals surface area contributed by atoms with E-state index in [2.05, 4.69) is 24.9 Å². The number of pyridine rings is 1. The first-order chi connectivity index (χ1) is 13.9. The van der Waals surface area contributed by atoms with E-state index in [4.69, 9.17) is 9.47 Å². The van der Waals surface area contributed by atoms with Crippen molar-refractivity contribution in [1.82, 2.24) is 15.2 Å². The first kappa shape index (κ1) is 23.2. The van der Waals surface area contributed by atoms with E-state index in [-0.39, 0.29) is 12.0 Å². The number of nitrogens with one attached hydrogen (secondary N) is 1. The van der Waals surface area contributed by atoms with Crippen LogP contribution in [0.25, 0.3) is 0 Å². The van der Waals surface area contributed by atoms with Gasteiger partial charge in [0, 0.05) is 59.3 Å². The number of rotatable bonds is 9. The second kappa shape index (κ2) is 11.8. The van der Waals surface area contributed by atoms with Crippen LogP contribution in [0.15, 0.2) is 23.3 Å². The Kier molecular flexibility index (Phi) is 9.46. The van der Waals surface area contributed by atoms with Gasteiger partial charge in [0.1, 0.15) is 0 Å². The third-order valence-corrected chi connectivity index (χ3v) is 4.43. The molecule has 2 heterocycles. The standard InChI is InChI=1S/C19H29F3N4O3/c1-23-18(26-8-6-16(7-9-26)28-11-3-10-27-2)25-13-15-4-5-17(24-12-15)29-14-19(20,21)22/h4-5,12,16H,3,6-11,13-14H2,1-2H3,(H,23,25). The molecular formula is C19H29F3N4O3. The van der Waals surface area contributed by atoms with Crippen molar-refractivity contribution in [3.8, 4) is 5.88 Å². The van der Waals surface area contributed by atoms with Crippen molar-refractivity contribution >= 4 is 5.96 Å². The molecule has 2 rings (SSSR count). The number of methoxy groups -OCH3 is 1. The average Bonchev–Trinajstić information content (AvgIpc) is 2.71. The molecule has 1 saturated heterocycles. The van der Waals surface area contributed by atoms with Gasteiger partial charge in [0.2, 0.25) is 5.88 Å². The molecule has 0 bridgehead atoms. The van der Waals surface area contributed by atoms with Crippen molar-refractivity contribution in [3.05, 3.63) is 23.9 Å². The van der Waals surface area contributed by atoms with Gasteiger partial charge in [0.05, 0.1) is 6.10 Å². The van der Waals surface area contributed by atoms with Crippen LogP contribution in [-0.2, 0) is 16.0 Å². The number of aliphatic imine (C=N–C) groups is 1. The summed E-state index contributed by atoms with van der Waals surface area (Å²) in [6.45, 7) is 2.22. The fraction of sp³-hybridized carbons (Fsp3) is 0.684. The number of guanidine groups is 1. The SMILES string of the molecule is CN=C(NCc1ccc(OCC(F)(F)F)nc1)N1CCC(OCCCOC)CC1. The Bertz CT molecular complexity index is 618. The molecule has 1 fully saturated rings. The number of nitrogens with zero attached hydrogens (tertiary/aromatic N) is 3. The molecule has 1 aromatic heterocycles. The lowest BCUT2D eigenvalue weighted by atomic mass is 10.1. The summed E-state index contributed by atoms with van der Waals surface area (Å²) in [7, 11) is 3.41. The number of halogens is 3. The molecule has 29 heavy (non-hydrogen) atoms. The zero-order valence-corrected chi connectivity index (χ0v) is 16.9. The third kappa shape index (κ3) is 8.86. The van der Waals surface area contributed by atoms with E-state index >= 15 is 0 Å². The van der Waals surface area contributed by atoms with Crippen molar-refractivity contribution in [3.63, 3.8) is 0 Å². The number of hydrogen-bond acceptors (Lipinski definition) is 5. The molecule has 1 aliphatic rings. The zero-order valence-electron chi connectivity index (χ0n) is 16.9. The van der Waals surface area contributed by atoms with Gasteiger partial charge in [0.25, 0.3) is 0 Å². The highest BCUT2D eigenvalue weighted by molar-refractivity contribution is 5.79. The maximum absolute atomic E-state index is 12.2. The molecule has 0 spiro atoms. The van der Waals surface area contributed by atoms with Gasteiger partial charge in [-0.15, -0.1) is 0 Å². The molecule has 0 amide bonds. The summed E-state index contributed by atoms with van der Waals surface area (Å²) in [5.41, 5.74) is 0.821. The van der Waals surface area contributed by atoms with E-state index in [1.165, 1.54) is 12.3 Å². The molecule has 0 unspecified atom stereocenters. The van der Waals surface area contributed by atoms with Crippen molar-refractivity contribution in [2.45, 2.75) is 38.1 Å². The first-order valence-corrected chi connectivity index (χ1v) is 9.62. The predicted octanol–water partition coefficient (Wildman–Crippen LogP) is 2.62. The van der Waals surface area contributed by atoms with E-state index in [0.29, 0.717) is 19.8 Å². The molecule has 1 aromatic rings. The normalized spacial score (nSPS) is 16.2. The Hall–Kier alpha value is -2.07. The number of hydrogen-bond donors (Lipinski definition) is 1. The Morgan fingerprint density at radius 1 is 1.28 bits per heavy atom. The van der Waals surface area contributed by atoms with Gasteiger partial charge in [-0.1, -0.05) is 6.07 Å². The van der Waals surface area contributed by atoms with Crippen LogP contribution in [0.4, 0.5) is 13.2 Å². The highest BCUT2D eigenvalue weighted by atomic mass is 19.4. The van der Waals surface area contributed by atoms with Crippen molar-refractivity contribution in [1.29, 1.82) is 0 Å². The van der Waals surface area contributed by atoms with Crippen LogP contribution < -0.4 is 10.1 Å². The van der Waals surface area contributed by atoms with Crippen LogP contribution in [-0.4, -0.2) is 75.2 Å². The molecule has 1 aliphatic heterocycles. The molecule has 0 radical (unpaired) electrons. The third-order valence-electron chi connectivity index (χ3n) is 4.43. The van der Waals surface area contributed by atoms with Gasteiger partial charge in [-0.25, -0.2) is 4.98 Å². The summed E-state index contributed by atoms with van der Waals surface area (Å²) in [5, 5.41) is 3.26. The molecule has 0 atom stereocenters. The summed E-state index contributed by atoms with van der Waals surface area (Å²) >= 11 is 0. The Morgan fingerprint density at radius 2 is 2.03 bits per heavy atom. The van der Waals surface area contributed by atoms with Gasteiger partial charge < -0.3 is 24.4 Å². The fourth-order valence-corrected chi connectivity index (χ4v) is 2.96. The molecule has 7 nitrogen and oxygen atoms in total. The molecule has 0 aromatic carbocycles. The minimum absolute atomic E-state index is 0.0528. The molecule has 0 aliphatic carbocycles. The molecule has 10 heteroatoms. The summed E-state index contributed by atoms with van der Waals surface area (Å²) in [6.07, 6.45) is 0.132. The first-order valence-electron chi connectivity index (χ1n) is 9.62. The largest absolute Gasteiger partial charge is 0.468 e. The quantitative estimate of drug-likeness (QED) is 0.378. The fourth-order valence-electron chi connectivity index (χ4n) is 2.96. The highest BCUT2D eigenvalue weighted by Crippen LogP contribution is 2.17. The lowest BCUT2D eigenvalue weighted by Gasteiger charge is -2.34. The van der Waals surface area contributed by atoms with E-state index in [9.17, 15) is 13.2 Å². The van der Waals surface area contributed by atoms with E-state index in [1.807, 2.05) is 0 Å². The van der Waals surface area contributed by atoms with Crippen molar-refractivity contribution < 1.29 is 27.4 Å². The summed E-state index contributed by atoms with van der Waals surface area (Å²) in [5.74, 6) is 0.725. The van der Waals surface area contributed by atoms with Crippen molar-refractivity contribution in [2.75, 3.05) is 47.1 Å². The minimum Gasteiger partial charge on any atom is -0.468 e.